The predicted molar refractivity (Wildman–Crippen MR) is 54.1 cm³/mol. The Morgan fingerprint density at radius 2 is 2.07 bits per heavy atom. The van der Waals surface area contributed by atoms with Crippen LogP contribution < -0.4 is 11.1 Å². The maximum Gasteiger partial charge on any atom is 0.404 e. The predicted octanol–water partition coefficient (Wildman–Crippen LogP) is 0.824. The maximum atomic E-state index is 10.2. The number of nitrogens with one attached hydrogen (secondary N) is 1. The Balaban J connectivity index is 2.34. The van der Waals surface area contributed by atoms with E-state index in [9.17, 15) is 4.79 Å². The molecule has 0 aliphatic carbocycles. The molecule has 76 valence electrons. The molecule has 0 saturated heterocycles. The lowest BCUT2D eigenvalue weighted by molar-refractivity contribution is 0.193. The molecule has 1 amide bonds. The molecule has 0 aromatic heterocycles. The summed E-state index contributed by atoms with van der Waals surface area (Å²) in [5, 5.41) is 10.6. The Hall–Kier alpha value is -1.55. The van der Waals surface area contributed by atoms with Crippen molar-refractivity contribution in [3.63, 3.8) is 0 Å². The molecule has 0 saturated carbocycles. The minimum atomic E-state index is -1.03. The first kappa shape index (κ1) is 10.5. The molecule has 1 aromatic rings. The molecule has 4 N–H and O–H groups in total. The number of benzene rings is 1. The summed E-state index contributed by atoms with van der Waals surface area (Å²) in [6.45, 7) is 0.282. The van der Waals surface area contributed by atoms with Crippen LogP contribution in [0.5, 0.6) is 0 Å². The zero-order valence-electron chi connectivity index (χ0n) is 7.81. The molecule has 0 spiro atoms. The third-order valence-corrected chi connectivity index (χ3v) is 1.86. The number of amides is 1. The molecule has 4 heteroatoms. The smallest absolute Gasteiger partial charge is 0.404 e. The summed E-state index contributed by atoms with van der Waals surface area (Å²) >= 11 is 0. The van der Waals surface area contributed by atoms with Gasteiger partial charge in [0.2, 0.25) is 0 Å². The van der Waals surface area contributed by atoms with E-state index in [1.54, 1.807) is 0 Å². The quantitative estimate of drug-likeness (QED) is 0.664. The minimum Gasteiger partial charge on any atom is -0.465 e. The molecule has 0 aliphatic heterocycles. The number of hydrogen-bond acceptors (Lipinski definition) is 2. The van der Waals surface area contributed by atoms with Gasteiger partial charge in [0.1, 0.15) is 0 Å². The van der Waals surface area contributed by atoms with Gasteiger partial charge in [0, 0.05) is 12.6 Å². The molecule has 4 nitrogen and oxygen atoms in total. The minimum absolute atomic E-state index is 0.173. The zero-order chi connectivity index (χ0) is 10.4. The van der Waals surface area contributed by atoms with Gasteiger partial charge in [-0.05, 0) is 12.0 Å². The van der Waals surface area contributed by atoms with Crippen molar-refractivity contribution < 1.29 is 9.90 Å². The van der Waals surface area contributed by atoms with Gasteiger partial charge in [-0.1, -0.05) is 30.3 Å². The Bertz CT molecular complexity index is 287. The van der Waals surface area contributed by atoms with Crippen molar-refractivity contribution in [2.45, 2.75) is 12.5 Å². The SMILES string of the molecule is NC(CNC(=O)O)Cc1ccccc1. The average molecular weight is 194 g/mol. The number of hydrogen-bond donors (Lipinski definition) is 3. The molecule has 1 rings (SSSR count). The van der Waals surface area contributed by atoms with Gasteiger partial charge in [-0.25, -0.2) is 4.79 Å². The van der Waals surface area contributed by atoms with Crippen molar-refractivity contribution in [3.05, 3.63) is 35.9 Å². The Morgan fingerprint density at radius 1 is 1.43 bits per heavy atom. The van der Waals surface area contributed by atoms with Gasteiger partial charge >= 0.3 is 6.09 Å². The van der Waals surface area contributed by atoms with Crippen LogP contribution in [0.2, 0.25) is 0 Å². The highest BCUT2D eigenvalue weighted by atomic mass is 16.4. The van der Waals surface area contributed by atoms with Crippen molar-refractivity contribution in [2.24, 2.45) is 5.73 Å². The van der Waals surface area contributed by atoms with Crippen molar-refractivity contribution in [2.75, 3.05) is 6.54 Å². The summed E-state index contributed by atoms with van der Waals surface area (Å²) in [6.07, 6.45) is -0.352. The zero-order valence-corrected chi connectivity index (χ0v) is 7.81. The topological polar surface area (TPSA) is 75.3 Å². The third kappa shape index (κ3) is 3.91. The fourth-order valence-corrected chi connectivity index (χ4v) is 1.21. The van der Waals surface area contributed by atoms with Crippen LogP contribution in [0, 0.1) is 0 Å². The lowest BCUT2D eigenvalue weighted by atomic mass is 10.1. The fourth-order valence-electron chi connectivity index (χ4n) is 1.21. The summed E-state index contributed by atoms with van der Waals surface area (Å²) in [5.41, 5.74) is 6.85. The molecule has 1 unspecified atom stereocenters. The van der Waals surface area contributed by atoms with Crippen molar-refractivity contribution >= 4 is 6.09 Å². The molecule has 0 radical (unpaired) electrons. The van der Waals surface area contributed by atoms with Gasteiger partial charge in [-0.15, -0.1) is 0 Å². The Morgan fingerprint density at radius 3 is 2.64 bits per heavy atom. The molecule has 0 bridgehead atoms. The highest BCUT2D eigenvalue weighted by molar-refractivity contribution is 5.64. The third-order valence-electron chi connectivity index (χ3n) is 1.86. The molecule has 0 heterocycles. The summed E-state index contributed by atoms with van der Waals surface area (Å²) in [4.78, 5) is 10.2. The van der Waals surface area contributed by atoms with Crippen LogP contribution in [0.1, 0.15) is 5.56 Å². The molecule has 0 aliphatic rings. The van der Waals surface area contributed by atoms with Crippen molar-refractivity contribution in [1.82, 2.24) is 5.32 Å². The summed E-state index contributed by atoms with van der Waals surface area (Å²) in [5.74, 6) is 0. The van der Waals surface area contributed by atoms with E-state index in [0.29, 0.717) is 6.42 Å². The number of carboxylic acid groups (broad SMARTS) is 1. The van der Waals surface area contributed by atoms with Crippen molar-refractivity contribution in [1.29, 1.82) is 0 Å². The average Bonchev–Trinajstić information content (AvgIpc) is 2.16. The molecule has 1 aromatic carbocycles. The van der Waals surface area contributed by atoms with E-state index in [2.05, 4.69) is 5.32 Å². The van der Waals surface area contributed by atoms with Crippen LogP contribution >= 0.6 is 0 Å². The normalized spacial score (nSPS) is 12.1. The van der Waals surface area contributed by atoms with Crippen LogP contribution in [0.15, 0.2) is 30.3 Å². The largest absolute Gasteiger partial charge is 0.465 e. The molecular weight excluding hydrogens is 180 g/mol. The van der Waals surface area contributed by atoms with E-state index >= 15 is 0 Å². The van der Waals surface area contributed by atoms with Gasteiger partial charge in [-0.2, -0.15) is 0 Å². The highest BCUT2D eigenvalue weighted by Crippen LogP contribution is 2.00. The molecular formula is C10H14N2O2. The van der Waals surface area contributed by atoms with Gasteiger partial charge in [-0.3, -0.25) is 0 Å². The number of nitrogens with two attached hydrogens (primary N) is 1. The van der Waals surface area contributed by atoms with E-state index in [1.165, 1.54) is 0 Å². The summed E-state index contributed by atoms with van der Waals surface area (Å²) in [6, 6.07) is 9.58. The monoisotopic (exact) mass is 194 g/mol. The first-order valence-electron chi connectivity index (χ1n) is 4.45. The van der Waals surface area contributed by atoms with Gasteiger partial charge in [0.15, 0.2) is 0 Å². The van der Waals surface area contributed by atoms with Gasteiger partial charge in [0.25, 0.3) is 0 Å². The standard InChI is InChI=1S/C10H14N2O2/c11-9(7-12-10(13)14)6-8-4-2-1-3-5-8/h1-5,9,12H,6-7,11H2,(H,13,14). The van der Waals surface area contributed by atoms with Crippen LogP contribution in [0.3, 0.4) is 0 Å². The number of carbonyl (C=O) groups is 1. The first-order valence-corrected chi connectivity index (χ1v) is 4.45. The second kappa shape index (κ2) is 5.24. The Kier molecular flexibility index (Phi) is 3.94. The lowest BCUT2D eigenvalue weighted by Crippen LogP contribution is -2.37. The maximum absolute atomic E-state index is 10.2. The fraction of sp³-hybridized carbons (Fsp3) is 0.300. The van der Waals surface area contributed by atoms with Crippen LogP contribution in [-0.2, 0) is 6.42 Å². The van der Waals surface area contributed by atoms with E-state index < -0.39 is 6.09 Å². The van der Waals surface area contributed by atoms with Crippen molar-refractivity contribution in [3.8, 4) is 0 Å². The molecule has 1 atom stereocenters. The van der Waals surface area contributed by atoms with E-state index in [4.69, 9.17) is 10.8 Å². The molecule has 14 heavy (non-hydrogen) atoms. The Labute approximate surface area is 82.7 Å². The van der Waals surface area contributed by atoms with Gasteiger partial charge < -0.3 is 16.2 Å². The lowest BCUT2D eigenvalue weighted by Gasteiger charge is -2.10. The van der Waals surface area contributed by atoms with Crippen LogP contribution in [0.4, 0.5) is 4.79 Å². The highest BCUT2D eigenvalue weighted by Gasteiger charge is 2.04. The first-order chi connectivity index (χ1) is 6.68. The van der Waals surface area contributed by atoms with E-state index in [0.717, 1.165) is 5.56 Å². The second-order valence-corrected chi connectivity index (χ2v) is 3.14. The summed E-state index contributed by atoms with van der Waals surface area (Å²) in [7, 11) is 0. The van der Waals surface area contributed by atoms with E-state index in [1.807, 2.05) is 30.3 Å². The number of rotatable bonds is 4. The summed E-state index contributed by atoms with van der Waals surface area (Å²) < 4.78 is 0. The van der Waals surface area contributed by atoms with E-state index in [-0.39, 0.29) is 12.6 Å². The van der Waals surface area contributed by atoms with Crippen LogP contribution in [0.25, 0.3) is 0 Å². The van der Waals surface area contributed by atoms with Gasteiger partial charge in [0.05, 0.1) is 0 Å². The second-order valence-electron chi connectivity index (χ2n) is 3.14. The van der Waals surface area contributed by atoms with Crippen LogP contribution in [-0.4, -0.2) is 23.8 Å². The molecule has 0 fully saturated rings.